The van der Waals surface area contributed by atoms with E-state index in [1.165, 1.54) is 0 Å². The van der Waals surface area contributed by atoms with Gasteiger partial charge >= 0.3 is 0 Å². The summed E-state index contributed by atoms with van der Waals surface area (Å²) < 4.78 is 0. The molecule has 23 heavy (non-hydrogen) atoms. The van der Waals surface area contributed by atoms with Crippen molar-refractivity contribution in [2.75, 3.05) is 36.0 Å². The van der Waals surface area contributed by atoms with E-state index >= 15 is 0 Å². The molecule has 2 atom stereocenters. The van der Waals surface area contributed by atoms with Gasteiger partial charge in [0.05, 0.1) is 0 Å². The number of anilines is 2. The molecule has 2 fully saturated rings. The Balaban J connectivity index is 1.45. The van der Waals surface area contributed by atoms with Crippen LogP contribution >= 0.6 is 0 Å². The molecule has 6 heteroatoms. The molecule has 0 radical (unpaired) electrons. The molecule has 2 aromatic heterocycles. The highest BCUT2D eigenvalue weighted by Gasteiger charge is 2.41. The van der Waals surface area contributed by atoms with Crippen LogP contribution in [-0.4, -0.2) is 46.1 Å². The van der Waals surface area contributed by atoms with Crippen molar-refractivity contribution in [3.05, 3.63) is 36.5 Å². The lowest BCUT2D eigenvalue weighted by Crippen LogP contribution is -2.30. The zero-order valence-electron chi connectivity index (χ0n) is 13.6. The van der Waals surface area contributed by atoms with Crippen LogP contribution in [0.15, 0.2) is 30.9 Å². The summed E-state index contributed by atoms with van der Waals surface area (Å²) in [5.74, 6) is 3.69. The SMILES string of the molecule is CC(C)c1cc(N2CC3CN(c4ncccn4)CC3C2)ncn1. The zero-order chi connectivity index (χ0) is 15.8. The van der Waals surface area contributed by atoms with Crippen molar-refractivity contribution in [2.24, 2.45) is 11.8 Å². The molecule has 0 spiro atoms. The molecule has 2 saturated heterocycles. The van der Waals surface area contributed by atoms with E-state index in [0.29, 0.717) is 17.8 Å². The van der Waals surface area contributed by atoms with Crippen LogP contribution in [0, 0.1) is 11.8 Å². The minimum Gasteiger partial charge on any atom is -0.356 e. The smallest absolute Gasteiger partial charge is 0.225 e. The van der Waals surface area contributed by atoms with Crippen molar-refractivity contribution in [1.82, 2.24) is 19.9 Å². The first-order valence-corrected chi connectivity index (χ1v) is 8.29. The van der Waals surface area contributed by atoms with Gasteiger partial charge in [-0.2, -0.15) is 0 Å². The van der Waals surface area contributed by atoms with Gasteiger partial charge in [0.2, 0.25) is 5.95 Å². The van der Waals surface area contributed by atoms with Crippen molar-refractivity contribution >= 4 is 11.8 Å². The third-order valence-corrected chi connectivity index (χ3v) is 4.91. The van der Waals surface area contributed by atoms with E-state index in [9.17, 15) is 0 Å². The minimum absolute atomic E-state index is 0.435. The summed E-state index contributed by atoms with van der Waals surface area (Å²) in [5, 5.41) is 0. The van der Waals surface area contributed by atoms with Crippen LogP contribution in [-0.2, 0) is 0 Å². The Hall–Kier alpha value is -2.24. The normalized spacial score (nSPS) is 23.6. The van der Waals surface area contributed by atoms with E-state index in [4.69, 9.17) is 0 Å². The molecular formula is C17H22N6. The Morgan fingerprint density at radius 1 is 0.913 bits per heavy atom. The number of rotatable bonds is 3. The van der Waals surface area contributed by atoms with Gasteiger partial charge in [-0.3, -0.25) is 0 Å². The van der Waals surface area contributed by atoms with Gasteiger partial charge in [0.1, 0.15) is 12.1 Å². The van der Waals surface area contributed by atoms with Gasteiger partial charge in [0.25, 0.3) is 0 Å². The lowest BCUT2D eigenvalue weighted by atomic mass is 10.0. The van der Waals surface area contributed by atoms with Gasteiger partial charge in [-0.15, -0.1) is 0 Å². The largest absolute Gasteiger partial charge is 0.356 e. The van der Waals surface area contributed by atoms with Gasteiger partial charge in [-0.1, -0.05) is 13.8 Å². The van der Waals surface area contributed by atoms with Gasteiger partial charge in [-0.05, 0) is 12.0 Å². The van der Waals surface area contributed by atoms with Crippen LogP contribution in [0.3, 0.4) is 0 Å². The Morgan fingerprint density at radius 3 is 2.22 bits per heavy atom. The summed E-state index contributed by atoms with van der Waals surface area (Å²) in [7, 11) is 0. The maximum Gasteiger partial charge on any atom is 0.225 e. The Kier molecular flexibility index (Phi) is 3.59. The molecule has 0 saturated carbocycles. The van der Waals surface area contributed by atoms with E-state index in [2.05, 4.69) is 49.6 Å². The number of aromatic nitrogens is 4. The molecule has 0 amide bonds. The first kappa shape index (κ1) is 14.4. The number of fused-ring (bicyclic) bond motifs is 1. The second-order valence-electron chi connectivity index (χ2n) is 6.83. The highest BCUT2D eigenvalue weighted by molar-refractivity contribution is 5.43. The molecule has 4 rings (SSSR count). The molecule has 6 nitrogen and oxygen atoms in total. The zero-order valence-corrected chi connectivity index (χ0v) is 13.6. The summed E-state index contributed by atoms with van der Waals surface area (Å²) in [6, 6.07) is 4.01. The van der Waals surface area contributed by atoms with Crippen molar-refractivity contribution in [3.63, 3.8) is 0 Å². The first-order chi connectivity index (χ1) is 11.2. The van der Waals surface area contributed by atoms with Gasteiger partial charge in [0.15, 0.2) is 0 Å². The Morgan fingerprint density at radius 2 is 1.57 bits per heavy atom. The summed E-state index contributed by atoms with van der Waals surface area (Å²) in [6.07, 6.45) is 5.33. The van der Waals surface area contributed by atoms with Gasteiger partial charge in [-0.25, -0.2) is 19.9 Å². The molecule has 0 aromatic carbocycles. The fourth-order valence-corrected chi connectivity index (χ4v) is 3.65. The Bertz CT molecular complexity index is 660. The van der Waals surface area contributed by atoms with E-state index in [1.54, 1.807) is 6.33 Å². The summed E-state index contributed by atoms with van der Waals surface area (Å²) >= 11 is 0. The highest BCUT2D eigenvalue weighted by atomic mass is 15.3. The molecule has 2 aliphatic rings. The van der Waals surface area contributed by atoms with Crippen LogP contribution in [0.25, 0.3) is 0 Å². The predicted molar refractivity (Wildman–Crippen MR) is 89.6 cm³/mol. The third-order valence-electron chi connectivity index (χ3n) is 4.91. The predicted octanol–water partition coefficient (Wildman–Crippen LogP) is 1.96. The van der Waals surface area contributed by atoms with Crippen molar-refractivity contribution < 1.29 is 0 Å². The fourth-order valence-electron chi connectivity index (χ4n) is 3.65. The second kappa shape index (κ2) is 5.76. The fraction of sp³-hybridized carbons (Fsp3) is 0.529. The van der Waals surface area contributed by atoms with Crippen LogP contribution in [0.4, 0.5) is 11.8 Å². The average molecular weight is 310 g/mol. The quantitative estimate of drug-likeness (QED) is 0.864. The topological polar surface area (TPSA) is 58.0 Å². The summed E-state index contributed by atoms with van der Waals surface area (Å²) in [6.45, 7) is 8.52. The van der Waals surface area contributed by atoms with E-state index in [-0.39, 0.29) is 0 Å². The molecule has 0 aliphatic carbocycles. The number of nitrogens with zero attached hydrogens (tertiary/aromatic N) is 6. The monoisotopic (exact) mass is 310 g/mol. The van der Waals surface area contributed by atoms with Crippen LogP contribution < -0.4 is 9.80 Å². The van der Waals surface area contributed by atoms with E-state index < -0.39 is 0 Å². The molecule has 0 N–H and O–H groups in total. The Labute approximate surface area is 136 Å². The molecular weight excluding hydrogens is 288 g/mol. The van der Waals surface area contributed by atoms with Crippen LogP contribution in [0.5, 0.6) is 0 Å². The van der Waals surface area contributed by atoms with E-state index in [1.807, 2.05) is 18.5 Å². The second-order valence-corrected chi connectivity index (χ2v) is 6.83. The molecule has 2 aromatic rings. The standard InChI is InChI=1S/C17H22N6/c1-12(2)15-6-16(21-11-20-15)22-7-13-9-23(10-14(13)8-22)17-18-4-3-5-19-17/h3-6,11-14H,7-10H2,1-2H3. The lowest BCUT2D eigenvalue weighted by Gasteiger charge is -2.22. The maximum absolute atomic E-state index is 4.48. The number of hydrogen-bond acceptors (Lipinski definition) is 6. The van der Waals surface area contributed by atoms with E-state index in [0.717, 1.165) is 43.6 Å². The molecule has 0 bridgehead atoms. The molecule has 4 heterocycles. The molecule has 2 unspecified atom stereocenters. The van der Waals surface area contributed by atoms with Crippen molar-refractivity contribution in [3.8, 4) is 0 Å². The van der Waals surface area contributed by atoms with Crippen molar-refractivity contribution in [1.29, 1.82) is 0 Å². The molecule has 120 valence electrons. The molecule has 2 aliphatic heterocycles. The van der Waals surface area contributed by atoms with Crippen LogP contribution in [0.1, 0.15) is 25.5 Å². The lowest BCUT2D eigenvalue weighted by molar-refractivity contribution is 0.533. The first-order valence-electron chi connectivity index (χ1n) is 8.29. The van der Waals surface area contributed by atoms with Gasteiger partial charge in [0, 0.05) is 62.2 Å². The average Bonchev–Trinajstić information content (AvgIpc) is 3.14. The van der Waals surface area contributed by atoms with Crippen molar-refractivity contribution in [2.45, 2.75) is 19.8 Å². The maximum atomic E-state index is 4.48. The van der Waals surface area contributed by atoms with Gasteiger partial charge < -0.3 is 9.80 Å². The minimum atomic E-state index is 0.435. The van der Waals surface area contributed by atoms with Crippen LogP contribution in [0.2, 0.25) is 0 Å². The number of hydrogen-bond donors (Lipinski definition) is 0. The summed E-state index contributed by atoms with van der Waals surface area (Å²) in [4.78, 5) is 22.3. The summed E-state index contributed by atoms with van der Waals surface area (Å²) in [5.41, 5.74) is 1.12. The highest BCUT2D eigenvalue weighted by Crippen LogP contribution is 2.34. The third kappa shape index (κ3) is 2.73.